The van der Waals surface area contributed by atoms with Gasteiger partial charge in [-0.15, -0.1) is 0 Å². The van der Waals surface area contributed by atoms with Crippen LogP contribution in [0.5, 0.6) is 0 Å². The summed E-state index contributed by atoms with van der Waals surface area (Å²) in [6.45, 7) is 4.01. The quantitative estimate of drug-likeness (QED) is 0.741. The first kappa shape index (κ1) is 12.3. The first-order chi connectivity index (χ1) is 9.28. The van der Waals surface area contributed by atoms with Crippen molar-refractivity contribution in [3.8, 4) is 0 Å². The van der Waals surface area contributed by atoms with Crippen molar-refractivity contribution < 1.29 is 9.53 Å². The van der Waals surface area contributed by atoms with Gasteiger partial charge in [0, 0.05) is 32.2 Å². The molecule has 2 aliphatic rings. The predicted molar refractivity (Wildman–Crippen MR) is 70.2 cm³/mol. The highest BCUT2D eigenvalue weighted by Crippen LogP contribution is 2.28. The minimum absolute atomic E-state index is 0.268. The molecule has 6 heteroatoms. The molecule has 0 unspecified atom stereocenters. The third-order valence-electron chi connectivity index (χ3n) is 3.72. The fourth-order valence-corrected chi connectivity index (χ4v) is 2.47. The zero-order chi connectivity index (χ0) is 13.2. The Labute approximate surface area is 112 Å². The predicted octanol–water partition coefficient (Wildman–Crippen LogP) is 0.548. The summed E-state index contributed by atoms with van der Waals surface area (Å²) in [5, 5.41) is 0. The smallest absolute Gasteiger partial charge is 0.358 e. The van der Waals surface area contributed by atoms with E-state index in [1.165, 1.54) is 26.1 Å². The molecule has 1 saturated heterocycles. The molecule has 1 aliphatic heterocycles. The lowest BCUT2D eigenvalue weighted by Gasteiger charge is -2.35. The molecule has 0 bridgehead atoms. The maximum Gasteiger partial charge on any atom is 0.358 e. The molecule has 1 saturated carbocycles. The Morgan fingerprint density at radius 3 is 2.63 bits per heavy atom. The molecule has 6 nitrogen and oxygen atoms in total. The van der Waals surface area contributed by atoms with Gasteiger partial charge in [0.25, 0.3) is 0 Å². The van der Waals surface area contributed by atoms with E-state index in [1.54, 1.807) is 6.20 Å². The summed E-state index contributed by atoms with van der Waals surface area (Å²) in [6, 6.07) is 0.814. The molecule has 1 aliphatic carbocycles. The van der Waals surface area contributed by atoms with Crippen LogP contribution in [0, 0.1) is 0 Å². The summed E-state index contributed by atoms with van der Waals surface area (Å²) in [6.07, 6.45) is 5.84. The molecular formula is C13H18N4O2. The number of rotatable bonds is 3. The van der Waals surface area contributed by atoms with Gasteiger partial charge in [0.05, 0.1) is 19.5 Å². The molecule has 0 N–H and O–H groups in total. The summed E-state index contributed by atoms with van der Waals surface area (Å²) in [5.74, 6) is 0.323. The normalized spacial score (nSPS) is 20.4. The molecule has 0 spiro atoms. The van der Waals surface area contributed by atoms with Crippen molar-refractivity contribution in [2.75, 3.05) is 38.2 Å². The zero-order valence-corrected chi connectivity index (χ0v) is 11.1. The molecule has 2 heterocycles. The molecular weight excluding hydrogens is 244 g/mol. The van der Waals surface area contributed by atoms with Crippen molar-refractivity contribution in [3.63, 3.8) is 0 Å². The van der Waals surface area contributed by atoms with Gasteiger partial charge in [-0.05, 0) is 12.8 Å². The van der Waals surface area contributed by atoms with Gasteiger partial charge in [-0.3, -0.25) is 9.88 Å². The van der Waals surface area contributed by atoms with Crippen LogP contribution in [0.2, 0.25) is 0 Å². The van der Waals surface area contributed by atoms with E-state index in [0.29, 0.717) is 0 Å². The first-order valence-corrected chi connectivity index (χ1v) is 6.67. The van der Waals surface area contributed by atoms with E-state index >= 15 is 0 Å². The van der Waals surface area contributed by atoms with Gasteiger partial charge in [-0.2, -0.15) is 0 Å². The van der Waals surface area contributed by atoms with Gasteiger partial charge < -0.3 is 9.64 Å². The third kappa shape index (κ3) is 2.68. The minimum Gasteiger partial charge on any atom is -0.464 e. The van der Waals surface area contributed by atoms with Crippen LogP contribution < -0.4 is 4.90 Å². The van der Waals surface area contributed by atoms with Crippen LogP contribution in [0.3, 0.4) is 0 Å². The Kier molecular flexibility index (Phi) is 3.33. The van der Waals surface area contributed by atoms with E-state index in [0.717, 1.165) is 38.0 Å². The molecule has 0 atom stereocenters. The van der Waals surface area contributed by atoms with Crippen molar-refractivity contribution in [1.29, 1.82) is 0 Å². The topological polar surface area (TPSA) is 58.6 Å². The van der Waals surface area contributed by atoms with Crippen molar-refractivity contribution in [1.82, 2.24) is 14.9 Å². The zero-order valence-electron chi connectivity index (χ0n) is 11.1. The fourth-order valence-electron chi connectivity index (χ4n) is 2.47. The average molecular weight is 262 g/mol. The van der Waals surface area contributed by atoms with Crippen LogP contribution in [0.25, 0.3) is 0 Å². The second-order valence-corrected chi connectivity index (χ2v) is 5.01. The van der Waals surface area contributed by atoms with E-state index in [-0.39, 0.29) is 5.69 Å². The SMILES string of the molecule is COC(=O)c1cncc(N2CCN(C3CC3)CC2)n1. The van der Waals surface area contributed by atoms with Crippen LogP contribution >= 0.6 is 0 Å². The molecule has 3 rings (SSSR count). The highest BCUT2D eigenvalue weighted by molar-refractivity contribution is 5.87. The largest absolute Gasteiger partial charge is 0.464 e. The van der Waals surface area contributed by atoms with E-state index < -0.39 is 5.97 Å². The summed E-state index contributed by atoms with van der Waals surface area (Å²) >= 11 is 0. The van der Waals surface area contributed by atoms with E-state index in [9.17, 15) is 4.79 Å². The molecule has 2 fully saturated rings. The summed E-state index contributed by atoms with van der Waals surface area (Å²) in [7, 11) is 1.35. The van der Waals surface area contributed by atoms with Crippen LogP contribution in [0.1, 0.15) is 23.3 Å². The standard InChI is InChI=1S/C13H18N4O2/c1-19-13(18)11-8-14-9-12(15-11)17-6-4-16(5-7-17)10-2-3-10/h8-10H,2-7H2,1H3. The number of aromatic nitrogens is 2. The van der Waals surface area contributed by atoms with Crippen molar-refractivity contribution in [2.24, 2.45) is 0 Å². The van der Waals surface area contributed by atoms with Crippen LogP contribution in [-0.2, 0) is 4.74 Å². The van der Waals surface area contributed by atoms with Gasteiger partial charge in [0.2, 0.25) is 0 Å². The lowest BCUT2D eigenvalue weighted by atomic mass is 10.3. The Morgan fingerprint density at radius 2 is 2.00 bits per heavy atom. The fraction of sp³-hybridized carbons (Fsp3) is 0.615. The molecule has 0 amide bonds. The average Bonchev–Trinajstić information content (AvgIpc) is 3.31. The highest BCUT2D eigenvalue weighted by Gasteiger charge is 2.31. The highest BCUT2D eigenvalue weighted by atomic mass is 16.5. The van der Waals surface area contributed by atoms with Crippen molar-refractivity contribution in [2.45, 2.75) is 18.9 Å². The van der Waals surface area contributed by atoms with E-state index in [4.69, 9.17) is 0 Å². The molecule has 1 aromatic rings. The second-order valence-electron chi connectivity index (χ2n) is 5.01. The number of esters is 1. The second kappa shape index (κ2) is 5.13. The van der Waals surface area contributed by atoms with Crippen molar-refractivity contribution in [3.05, 3.63) is 18.1 Å². The molecule has 1 aromatic heterocycles. The number of ether oxygens (including phenoxy) is 1. The summed E-state index contributed by atoms with van der Waals surface area (Å²) in [4.78, 5) is 24.6. The Morgan fingerprint density at radius 1 is 1.26 bits per heavy atom. The van der Waals surface area contributed by atoms with Crippen LogP contribution in [0.15, 0.2) is 12.4 Å². The van der Waals surface area contributed by atoms with E-state index in [1.807, 2.05) is 0 Å². The molecule has 102 valence electrons. The summed E-state index contributed by atoms with van der Waals surface area (Å²) in [5.41, 5.74) is 0.268. The number of piperazine rings is 1. The third-order valence-corrected chi connectivity index (χ3v) is 3.72. The first-order valence-electron chi connectivity index (χ1n) is 6.67. The molecule has 0 aromatic carbocycles. The maximum atomic E-state index is 11.4. The number of anilines is 1. The number of carbonyl (C=O) groups is 1. The number of hydrogen-bond acceptors (Lipinski definition) is 6. The Balaban J connectivity index is 1.67. The molecule has 19 heavy (non-hydrogen) atoms. The van der Waals surface area contributed by atoms with Gasteiger partial charge in [-0.1, -0.05) is 0 Å². The van der Waals surface area contributed by atoms with E-state index in [2.05, 4.69) is 24.5 Å². The maximum absolute atomic E-state index is 11.4. The molecule has 0 radical (unpaired) electrons. The Hall–Kier alpha value is -1.69. The van der Waals surface area contributed by atoms with Gasteiger partial charge in [-0.25, -0.2) is 9.78 Å². The monoisotopic (exact) mass is 262 g/mol. The Bertz CT molecular complexity index is 467. The van der Waals surface area contributed by atoms with Gasteiger partial charge in [0.1, 0.15) is 5.82 Å². The lowest BCUT2D eigenvalue weighted by Crippen LogP contribution is -2.47. The van der Waals surface area contributed by atoms with Gasteiger partial charge >= 0.3 is 5.97 Å². The number of methoxy groups -OCH3 is 1. The van der Waals surface area contributed by atoms with Crippen LogP contribution in [-0.4, -0.2) is 60.2 Å². The van der Waals surface area contributed by atoms with Gasteiger partial charge in [0.15, 0.2) is 5.69 Å². The van der Waals surface area contributed by atoms with Crippen LogP contribution in [0.4, 0.5) is 5.82 Å². The number of hydrogen-bond donors (Lipinski definition) is 0. The lowest BCUT2D eigenvalue weighted by molar-refractivity contribution is 0.0593. The number of carbonyl (C=O) groups excluding carboxylic acids is 1. The summed E-state index contributed by atoms with van der Waals surface area (Å²) < 4.78 is 4.67. The van der Waals surface area contributed by atoms with Crippen molar-refractivity contribution >= 4 is 11.8 Å². The minimum atomic E-state index is -0.439. The number of nitrogens with zero attached hydrogens (tertiary/aromatic N) is 4.